The number of ether oxygens (including phenoxy) is 2. The van der Waals surface area contributed by atoms with E-state index in [1.165, 1.54) is 31.4 Å². The summed E-state index contributed by atoms with van der Waals surface area (Å²) in [5, 5.41) is 0. The van der Waals surface area contributed by atoms with Crippen LogP contribution in [0, 0.1) is 0 Å². The van der Waals surface area contributed by atoms with Crippen LogP contribution in [0.15, 0.2) is 54.6 Å². The average Bonchev–Trinajstić information content (AvgIpc) is 2.59. The monoisotopic (exact) mass is 354 g/mol. The van der Waals surface area contributed by atoms with E-state index < -0.39 is 18.3 Å². The minimum Gasteiger partial charge on any atom is -0.497 e. The van der Waals surface area contributed by atoms with Crippen molar-refractivity contribution in [3.8, 4) is 11.5 Å². The quantitative estimate of drug-likeness (QED) is 0.406. The second-order valence-electron chi connectivity index (χ2n) is 4.97. The Hall–Kier alpha value is -2.83. The van der Waals surface area contributed by atoms with E-state index >= 15 is 0 Å². The molecule has 7 heteroatoms. The van der Waals surface area contributed by atoms with Crippen LogP contribution >= 0.6 is 0 Å². The number of carbonyl (C=O) groups is 1. The molecule has 0 fully saturated rings. The summed E-state index contributed by atoms with van der Waals surface area (Å²) in [6, 6.07) is 11.6. The molecule has 0 atom stereocenters. The number of hydrogen-bond donors (Lipinski definition) is 0. The molecule has 0 amide bonds. The third kappa shape index (κ3) is 5.07. The predicted octanol–water partition coefficient (Wildman–Crippen LogP) is 4.83. The fourth-order valence-electron chi connectivity index (χ4n) is 1.93. The maximum Gasteiger partial charge on any atom is 0.461 e. The smallest absolute Gasteiger partial charge is 0.461 e. The average molecular weight is 354 g/mol. The Morgan fingerprint density at radius 2 is 1.76 bits per heavy atom. The van der Waals surface area contributed by atoms with E-state index in [9.17, 15) is 22.4 Å². The third-order valence-electron chi connectivity index (χ3n) is 3.15. The SMILES string of the molecule is COc1cccc(C(=O)/C=C/c2cccc(OC(F)(F)C(F)F)c2)c1. The van der Waals surface area contributed by atoms with E-state index in [1.54, 1.807) is 24.3 Å². The van der Waals surface area contributed by atoms with Crippen molar-refractivity contribution in [2.45, 2.75) is 12.5 Å². The summed E-state index contributed by atoms with van der Waals surface area (Å²) in [7, 11) is 1.47. The fraction of sp³-hybridized carbons (Fsp3) is 0.167. The van der Waals surface area contributed by atoms with E-state index in [2.05, 4.69) is 4.74 Å². The lowest BCUT2D eigenvalue weighted by Gasteiger charge is -2.16. The molecule has 0 aliphatic heterocycles. The Morgan fingerprint density at radius 3 is 2.44 bits per heavy atom. The molecule has 0 bridgehead atoms. The highest BCUT2D eigenvalue weighted by molar-refractivity contribution is 6.07. The van der Waals surface area contributed by atoms with Gasteiger partial charge in [-0.15, -0.1) is 0 Å². The molecule has 0 aromatic heterocycles. The molecule has 132 valence electrons. The van der Waals surface area contributed by atoms with Gasteiger partial charge in [0.2, 0.25) is 0 Å². The molecule has 0 radical (unpaired) electrons. The molecule has 2 aromatic carbocycles. The summed E-state index contributed by atoms with van der Waals surface area (Å²) < 4.78 is 59.2. The zero-order valence-electron chi connectivity index (χ0n) is 13.1. The van der Waals surface area contributed by atoms with Crippen LogP contribution in [0.2, 0.25) is 0 Å². The van der Waals surface area contributed by atoms with Crippen molar-refractivity contribution in [3.05, 3.63) is 65.7 Å². The summed E-state index contributed by atoms with van der Waals surface area (Å²) in [6.45, 7) is 0. The lowest BCUT2D eigenvalue weighted by Crippen LogP contribution is -2.33. The molecule has 0 spiro atoms. The predicted molar refractivity (Wildman–Crippen MR) is 84.4 cm³/mol. The third-order valence-corrected chi connectivity index (χ3v) is 3.15. The van der Waals surface area contributed by atoms with E-state index in [1.807, 2.05) is 0 Å². The second kappa shape index (κ2) is 7.83. The Labute approximate surface area is 141 Å². The van der Waals surface area contributed by atoms with Crippen molar-refractivity contribution < 1.29 is 31.8 Å². The Balaban J connectivity index is 2.13. The van der Waals surface area contributed by atoms with Crippen molar-refractivity contribution in [1.29, 1.82) is 0 Å². The number of benzene rings is 2. The molecule has 0 aliphatic carbocycles. The topological polar surface area (TPSA) is 35.5 Å². The first-order valence-electron chi connectivity index (χ1n) is 7.13. The number of alkyl halides is 4. The number of hydrogen-bond acceptors (Lipinski definition) is 3. The minimum atomic E-state index is -4.58. The Kier molecular flexibility index (Phi) is 5.80. The maximum absolute atomic E-state index is 12.9. The van der Waals surface area contributed by atoms with Crippen molar-refractivity contribution in [2.75, 3.05) is 7.11 Å². The highest BCUT2D eigenvalue weighted by Crippen LogP contribution is 2.28. The minimum absolute atomic E-state index is 0.330. The first-order chi connectivity index (χ1) is 11.8. The van der Waals surface area contributed by atoms with Crippen molar-refractivity contribution >= 4 is 11.9 Å². The van der Waals surface area contributed by atoms with Gasteiger partial charge in [-0.1, -0.05) is 30.3 Å². The van der Waals surface area contributed by atoms with Crippen LogP contribution < -0.4 is 9.47 Å². The molecule has 0 saturated heterocycles. The maximum atomic E-state index is 12.9. The van der Waals surface area contributed by atoms with Gasteiger partial charge in [-0.3, -0.25) is 4.79 Å². The van der Waals surface area contributed by atoms with Crippen molar-refractivity contribution in [2.24, 2.45) is 0 Å². The second-order valence-corrected chi connectivity index (χ2v) is 4.97. The van der Waals surface area contributed by atoms with Gasteiger partial charge >= 0.3 is 12.5 Å². The van der Waals surface area contributed by atoms with E-state index in [0.29, 0.717) is 16.9 Å². The van der Waals surface area contributed by atoms with Crippen LogP contribution in [0.5, 0.6) is 11.5 Å². The van der Waals surface area contributed by atoms with Crippen LogP contribution in [-0.4, -0.2) is 25.4 Å². The summed E-state index contributed by atoms with van der Waals surface area (Å²) >= 11 is 0. The normalized spacial score (nSPS) is 11.8. The van der Waals surface area contributed by atoms with Crippen LogP contribution in [0.25, 0.3) is 6.08 Å². The van der Waals surface area contributed by atoms with E-state index in [-0.39, 0.29) is 5.78 Å². The van der Waals surface area contributed by atoms with Gasteiger partial charge in [0.1, 0.15) is 11.5 Å². The van der Waals surface area contributed by atoms with Gasteiger partial charge in [-0.25, -0.2) is 0 Å². The fourth-order valence-corrected chi connectivity index (χ4v) is 1.93. The molecule has 2 aromatic rings. The molecule has 2 rings (SSSR count). The molecule has 25 heavy (non-hydrogen) atoms. The van der Waals surface area contributed by atoms with Gasteiger partial charge in [0.25, 0.3) is 0 Å². The van der Waals surface area contributed by atoms with Gasteiger partial charge in [0.15, 0.2) is 5.78 Å². The van der Waals surface area contributed by atoms with E-state index in [4.69, 9.17) is 4.74 Å². The summed E-state index contributed by atoms with van der Waals surface area (Å²) in [5.41, 5.74) is 0.728. The zero-order chi connectivity index (χ0) is 18.4. The molecule has 0 N–H and O–H groups in total. The molecule has 0 saturated carbocycles. The molecular formula is C18H14F4O3. The van der Waals surface area contributed by atoms with Crippen LogP contribution in [0.1, 0.15) is 15.9 Å². The first kappa shape index (κ1) is 18.5. The highest BCUT2D eigenvalue weighted by atomic mass is 19.3. The van der Waals surface area contributed by atoms with Gasteiger partial charge in [-0.05, 0) is 35.9 Å². The summed E-state index contributed by atoms with van der Waals surface area (Å²) in [6.07, 6.45) is -5.92. The molecule has 0 heterocycles. The van der Waals surface area contributed by atoms with E-state index in [0.717, 1.165) is 12.1 Å². The van der Waals surface area contributed by atoms with Crippen LogP contribution in [0.4, 0.5) is 17.6 Å². The standard InChI is InChI=1S/C18H14F4O3/c1-24-14-6-3-5-13(11-14)16(23)9-8-12-4-2-7-15(10-12)25-18(21,22)17(19)20/h2-11,17H,1H3/b9-8+. The van der Waals surface area contributed by atoms with Gasteiger partial charge in [-0.2, -0.15) is 17.6 Å². The lowest BCUT2D eigenvalue weighted by atomic mass is 10.1. The number of halogens is 4. The molecule has 0 unspecified atom stereocenters. The number of methoxy groups -OCH3 is 1. The van der Waals surface area contributed by atoms with Gasteiger partial charge in [0, 0.05) is 5.56 Å². The van der Waals surface area contributed by atoms with Gasteiger partial charge in [0.05, 0.1) is 7.11 Å². The number of ketones is 1. The Bertz CT molecular complexity index is 772. The highest BCUT2D eigenvalue weighted by Gasteiger charge is 2.43. The molecular weight excluding hydrogens is 340 g/mol. The largest absolute Gasteiger partial charge is 0.497 e. The van der Waals surface area contributed by atoms with Gasteiger partial charge < -0.3 is 9.47 Å². The van der Waals surface area contributed by atoms with Crippen LogP contribution in [0.3, 0.4) is 0 Å². The number of allylic oxidation sites excluding steroid dienone is 1. The Morgan fingerprint density at radius 1 is 1.08 bits per heavy atom. The first-order valence-corrected chi connectivity index (χ1v) is 7.13. The van der Waals surface area contributed by atoms with Crippen LogP contribution in [-0.2, 0) is 0 Å². The number of carbonyl (C=O) groups excluding carboxylic acids is 1. The zero-order valence-corrected chi connectivity index (χ0v) is 13.1. The molecule has 3 nitrogen and oxygen atoms in total. The van der Waals surface area contributed by atoms with Crippen molar-refractivity contribution in [1.82, 2.24) is 0 Å². The summed E-state index contributed by atoms with van der Waals surface area (Å²) in [4.78, 5) is 12.1. The molecule has 0 aliphatic rings. The summed E-state index contributed by atoms with van der Waals surface area (Å²) in [5.74, 6) is -0.242. The van der Waals surface area contributed by atoms with Crippen molar-refractivity contribution in [3.63, 3.8) is 0 Å². The number of rotatable bonds is 7. The lowest BCUT2D eigenvalue weighted by molar-refractivity contribution is -0.253.